The van der Waals surface area contributed by atoms with E-state index in [9.17, 15) is 13.9 Å². The van der Waals surface area contributed by atoms with Crippen molar-refractivity contribution in [2.75, 3.05) is 24.5 Å². The fraction of sp³-hybridized carbons (Fsp3) is 0.435. The van der Waals surface area contributed by atoms with Crippen molar-refractivity contribution in [2.45, 2.75) is 50.0 Å². The van der Waals surface area contributed by atoms with Gasteiger partial charge in [-0.1, -0.05) is 59.5 Å². The number of fused-ring (bicyclic) bond motifs is 2. The van der Waals surface area contributed by atoms with Crippen LogP contribution in [0.25, 0.3) is 0 Å². The molecule has 170 valence electrons. The van der Waals surface area contributed by atoms with E-state index in [1.807, 2.05) is 37.3 Å². The van der Waals surface area contributed by atoms with Crippen molar-refractivity contribution < 1.29 is 18.6 Å². The average molecular weight is 467 g/mol. The Morgan fingerprint density at radius 3 is 2.65 bits per heavy atom. The van der Waals surface area contributed by atoms with Crippen molar-refractivity contribution in [3.05, 3.63) is 58.6 Å². The van der Waals surface area contributed by atoms with E-state index in [4.69, 9.17) is 16.3 Å². The first-order valence-corrected chi connectivity index (χ1v) is 12.5. The molecule has 0 aliphatic carbocycles. The lowest BCUT2D eigenvalue weighted by Gasteiger charge is -2.41. The number of halogens is 1. The van der Waals surface area contributed by atoms with E-state index in [-0.39, 0.29) is 12.0 Å². The molecule has 3 rings (SSSR count). The van der Waals surface area contributed by atoms with Gasteiger partial charge >= 0.3 is 5.97 Å². The van der Waals surface area contributed by atoms with Gasteiger partial charge in [-0.25, -0.2) is 0 Å². The molecule has 0 aromatic heterocycles. The maximum atomic E-state index is 11.4. The third-order valence-corrected chi connectivity index (χ3v) is 7.67. The Morgan fingerprint density at radius 2 is 1.87 bits per heavy atom. The van der Waals surface area contributed by atoms with Crippen molar-refractivity contribution in [3.63, 3.8) is 0 Å². The molecule has 0 saturated carbocycles. The summed E-state index contributed by atoms with van der Waals surface area (Å²) in [7, 11) is -1.50. The fourth-order valence-electron chi connectivity index (χ4n) is 3.90. The Balaban J connectivity index is 1.71. The number of carbonyl (C=O) groups excluding carboxylic acids is 1. The van der Waals surface area contributed by atoms with Crippen molar-refractivity contribution in [3.8, 4) is 0 Å². The molecule has 8 heteroatoms. The van der Waals surface area contributed by atoms with E-state index < -0.39 is 10.8 Å². The van der Waals surface area contributed by atoms with Gasteiger partial charge in [0.1, 0.15) is 0 Å². The zero-order chi connectivity index (χ0) is 22.4. The highest BCUT2D eigenvalue weighted by molar-refractivity contribution is 8.25. The lowest BCUT2D eigenvalue weighted by atomic mass is 9.96. The Bertz CT molecular complexity index is 909. The highest BCUT2D eigenvalue weighted by atomic mass is 35.5. The minimum absolute atomic E-state index is 0.130. The zero-order valence-electron chi connectivity index (χ0n) is 18.0. The number of hydrogen-bond acceptors (Lipinski definition) is 6. The molecule has 1 atom stereocenters. The molecular weight excluding hydrogens is 436 g/mol. The van der Waals surface area contributed by atoms with Crippen LogP contribution in [-0.2, 0) is 9.53 Å². The number of hydrogen-bond donors (Lipinski definition) is 3. The summed E-state index contributed by atoms with van der Waals surface area (Å²) in [5.41, 5.74) is 2.52. The third-order valence-electron chi connectivity index (χ3n) is 5.51. The molecule has 0 amide bonds. The summed E-state index contributed by atoms with van der Waals surface area (Å²) in [5.74, 6) is -0.130. The Hall–Kier alpha value is -1.77. The van der Waals surface area contributed by atoms with Crippen molar-refractivity contribution in [1.82, 2.24) is 5.32 Å². The van der Waals surface area contributed by atoms with Crippen LogP contribution in [0.4, 0.5) is 5.69 Å². The topological polar surface area (TPSA) is 82.0 Å². The quantitative estimate of drug-likeness (QED) is 0.310. The minimum atomic E-state index is -3.18. The highest BCUT2D eigenvalue weighted by Gasteiger charge is 2.34. The van der Waals surface area contributed by atoms with Crippen LogP contribution >= 0.6 is 22.4 Å². The van der Waals surface area contributed by atoms with E-state index in [0.717, 1.165) is 43.4 Å². The Kier molecular flexibility index (Phi) is 8.24. The maximum absolute atomic E-state index is 11.4. The van der Waals surface area contributed by atoms with Gasteiger partial charge in [-0.05, 0) is 55.6 Å². The van der Waals surface area contributed by atoms with Gasteiger partial charge in [-0.15, -0.1) is 0 Å². The van der Waals surface area contributed by atoms with Gasteiger partial charge in [0.2, 0.25) is 0 Å². The summed E-state index contributed by atoms with van der Waals surface area (Å²) in [4.78, 5) is 11.9. The first-order chi connectivity index (χ1) is 14.9. The zero-order valence-corrected chi connectivity index (χ0v) is 19.6. The Labute approximate surface area is 191 Å². The molecule has 0 saturated heterocycles. The summed E-state index contributed by atoms with van der Waals surface area (Å²) in [6.45, 7) is 3.01. The predicted octanol–water partition coefficient (Wildman–Crippen LogP) is 6.01. The van der Waals surface area contributed by atoms with Gasteiger partial charge in [-0.2, -0.15) is 0 Å². The van der Waals surface area contributed by atoms with Crippen LogP contribution in [-0.4, -0.2) is 35.3 Å². The summed E-state index contributed by atoms with van der Waals surface area (Å²) in [6, 6.07) is 12.8. The number of nitrogens with one attached hydrogen (secondary N) is 1. The van der Waals surface area contributed by atoms with Crippen LogP contribution < -0.4 is 9.62 Å². The van der Waals surface area contributed by atoms with E-state index >= 15 is 0 Å². The van der Waals surface area contributed by atoms with Gasteiger partial charge in [0.25, 0.3) is 0 Å². The van der Waals surface area contributed by atoms with E-state index in [2.05, 4.69) is 5.32 Å². The molecule has 6 nitrogen and oxygen atoms in total. The second-order valence-electron chi connectivity index (χ2n) is 7.61. The number of benzene rings is 2. The number of unbranched alkanes of at least 4 members (excludes halogenated alkanes) is 3. The lowest BCUT2D eigenvalue weighted by Crippen LogP contribution is -2.24. The first kappa shape index (κ1) is 23.9. The molecular formula is C23H31ClN2O4S. The van der Waals surface area contributed by atoms with E-state index in [0.29, 0.717) is 28.6 Å². The summed E-state index contributed by atoms with van der Waals surface area (Å²) < 4.78 is 28.6. The number of anilines is 1. The summed E-state index contributed by atoms with van der Waals surface area (Å²) in [6.07, 6.45) is 4.23. The van der Waals surface area contributed by atoms with Gasteiger partial charge in [-0.3, -0.25) is 18.2 Å². The van der Waals surface area contributed by atoms with Gasteiger partial charge in [0, 0.05) is 18.5 Å². The molecule has 2 aromatic rings. The maximum Gasteiger partial charge on any atom is 0.305 e. The molecule has 1 unspecified atom stereocenters. The normalized spacial score (nSPS) is 18.0. The second kappa shape index (κ2) is 10.7. The van der Waals surface area contributed by atoms with E-state index in [1.165, 1.54) is 4.31 Å². The highest BCUT2D eigenvalue weighted by Crippen LogP contribution is 2.59. The SMILES string of the molecule is CCOC(=O)CCCCCCNC1c2ccc(Cl)cc2N(C)S(O)(O)c2ccccc21. The molecule has 0 fully saturated rings. The van der Waals surface area contributed by atoms with Crippen LogP contribution in [0.1, 0.15) is 56.2 Å². The molecule has 2 aromatic carbocycles. The van der Waals surface area contributed by atoms with Crippen molar-refractivity contribution >= 4 is 34.0 Å². The number of nitrogens with zero attached hydrogens (tertiary/aromatic N) is 1. The second-order valence-corrected chi connectivity index (χ2v) is 10.1. The molecule has 1 aliphatic heterocycles. The number of rotatable bonds is 9. The van der Waals surface area contributed by atoms with Crippen LogP contribution in [0, 0.1) is 0 Å². The van der Waals surface area contributed by atoms with Crippen molar-refractivity contribution in [1.29, 1.82) is 0 Å². The number of ether oxygens (including phenoxy) is 1. The molecule has 0 radical (unpaired) electrons. The minimum Gasteiger partial charge on any atom is -0.466 e. The number of esters is 1. The standard InChI is InChI=1S/C23H31ClN2O4S/c1-3-30-22(27)12-6-4-5-9-15-25-23-18-14-13-17(24)16-20(18)26(2)31(28,29)21-11-8-7-10-19(21)23/h7-8,10-11,13-14,16,23,25,28-29H,3-6,9,12,15H2,1-2H3. The molecule has 1 heterocycles. The number of carbonyl (C=O) groups is 1. The monoisotopic (exact) mass is 466 g/mol. The average Bonchev–Trinajstić information content (AvgIpc) is 2.81. The van der Waals surface area contributed by atoms with Crippen LogP contribution in [0.2, 0.25) is 5.02 Å². The largest absolute Gasteiger partial charge is 0.466 e. The van der Waals surface area contributed by atoms with Crippen LogP contribution in [0.15, 0.2) is 47.4 Å². The van der Waals surface area contributed by atoms with E-state index in [1.54, 1.807) is 19.2 Å². The Morgan fingerprint density at radius 1 is 1.13 bits per heavy atom. The van der Waals surface area contributed by atoms with Crippen LogP contribution in [0.5, 0.6) is 0 Å². The fourth-order valence-corrected chi connectivity index (χ4v) is 5.56. The van der Waals surface area contributed by atoms with Crippen LogP contribution in [0.3, 0.4) is 0 Å². The molecule has 3 N–H and O–H groups in total. The molecule has 0 spiro atoms. The van der Waals surface area contributed by atoms with Gasteiger partial charge in [0.05, 0.1) is 23.2 Å². The first-order valence-electron chi connectivity index (χ1n) is 10.7. The summed E-state index contributed by atoms with van der Waals surface area (Å²) in [5, 5.41) is 4.15. The smallest absolute Gasteiger partial charge is 0.305 e. The molecule has 31 heavy (non-hydrogen) atoms. The van der Waals surface area contributed by atoms with Gasteiger partial charge < -0.3 is 10.1 Å². The third kappa shape index (κ3) is 5.54. The predicted molar refractivity (Wildman–Crippen MR) is 127 cm³/mol. The molecule has 1 aliphatic rings. The summed E-state index contributed by atoms with van der Waals surface area (Å²) >= 11 is 6.23. The lowest BCUT2D eigenvalue weighted by molar-refractivity contribution is -0.143. The van der Waals surface area contributed by atoms with Crippen molar-refractivity contribution in [2.24, 2.45) is 0 Å². The van der Waals surface area contributed by atoms with Gasteiger partial charge in [0.15, 0.2) is 0 Å². The molecule has 0 bridgehead atoms.